The van der Waals surface area contributed by atoms with Gasteiger partial charge in [0.2, 0.25) is 0 Å². The quantitative estimate of drug-likeness (QED) is 0.0177. The van der Waals surface area contributed by atoms with Crippen LogP contribution in [0.3, 0.4) is 0 Å². The molecule has 0 aromatic carbocycles. The fourth-order valence-electron chi connectivity index (χ4n) is 6.83. The summed E-state index contributed by atoms with van der Waals surface area (Å²) in [5, 5.41) is 20.8. The minimum Gasteiger partial charge on any atom is -0.462 e. The van der Waals surface area contributed by atoms with Gasteiger partial charge in [-0.05, 0) is 64.2 Å². The van der Waals surface area contributed by atoms with Gasteiger partial charge in [0, 0.05) is 31.1 Å². The van der Waals surface area contributed by atoms with E-state index in [0.29, 0.717) is 43.1 Å². The highest BCUT2D eigenvalue weighted by Crippen LogP contribution is 2.43. The van der Waals surface area contributed by atoms with Crippen LogP contribution in [-0.4, -0.2) is 103 Å². The second-order valence-corrected chi connectivity index (χ2v) is 19.0. The predicted molar refractivity (Wildman–Crippen MR) is 253 cm³/mol. The van der Waals surface area contributed by atoms with Crippen LogP contribution in [0.4, 0.5) is 0 Å². The lowest BCUT2D eigenvalue weighted by atomic mass is 9.88. The molecule has 0 amide bonds. The SMILES string of the molecule is CCCCC/C=C\C/C=C\C/C=C\C/C=C\C/C=C\CCC(=O)OC[C@H](COP(=O)(O)OCC[N+](C)(C)C)OC(=O)CCCCCC[C@H]1C(=O)C[C@@H](O)[C@@H]1/C=C/[C@@H](O)CCCCC. The van der Waals surface area contributed by atoms with E-state index in [-0.39, 0.29) is 50.1 Å². The number of rotatable bonds is 38. The Balaban J connectivity index is 2.50. The van der Waals surface area contributed by atoms with E-state index in [1.807, 2.05) is 39.4 Å². The second kappa shape index (κ2) is 36.3. The second-order valence-electron chi connectivity index (χ2n) is 17.6. The number of hydrogen-bond donors (Lipinski definition) is 3. The summed E-state index contributed by atoms with van der Waals surface area (Å²) in [6.45, 7) is 3.91. The molecule has 13 heteroatoms. The number of allylic oxidation sites excluding steroid dienone is 10. The van der Waals surface area contributed by atoms with Gasteiger partial charge in [-0.15, -0.1) is 0 Å². The molecule has 1 fully saturated rings. The number of carbonyl (C=O) groups excluding carboxylic acids is 3. The Kier molecular flexibility index (Phi) is 33.4. The largest absolute Gasteiger partial charge is 0.472 e. The number of phosphoric ester groups is 1. The zero-order valence-corrected chi connectivity index (χ0v) is 40.4. The first-order valence-electron chi connectivity index (χ1n) is 23.8. The van der Waals surface area contributed by atoms with Gasteiger partial charge in [0.05, 0.1) is 40.0 Å². The van der Waals surface area contributed by atoms with E-state index in [1.165, 1.54) is 25.7 Å². The average Bonchev–Trinajstić information content (AvgIpc) is 3.50. The van der Waals surface area contributed by atoms with E-state index >= 15 is 0 Å². The van der Waals surface area contributed by atoms with Crippen LogP contribution in [0.1, 0.15) is 149 Å². The lowest BCUT2D eigenvalue weighted by Gasteiger charge is -2.24. The number of ketones is 1. The number of unbranched alkanes of at least 4 members (excludes halogenated alkanes) is 8. The zero-order valence-electron chi connectivity index (χ0n) is 39.5. The molecule has 0 saturated heterocycles. The number of nitrogens with zero attached hydrogens (tertiary/aromatic N) is 1. The predicted octanol–water partition coefficient (Wildman–Crippen LogP) is 10.4. The van der Waals surface area contributed by atoms with Crippen molar-refractivity contribution in [1.82, 2.24) is 0 Å². The Morgan fingerprint density at radius 2 is 1.33 bits per heavy atom. The molecule has 0 bridgehead atoms. The summed E-state index contributed by atoms with van der Waals surface area (Å²) in [6, 6.07) is 0. The van der Waals surface area contributed by atoms with Gasteiger partial charge in [-0.2, -0.15) is 0 Å². The van der Waals surface area contributed by atoms with E-state index in [1.54, 1.807) is 6.08 Å². The molecule has 0 aliphatic heterocycles. The molecule has 6 atom stereocenters. The molecule has 1 aliphatic rings. The van der Waals surface area contributed by atoms with Gasteiger partial charge in [-0.3, -0.25) is 23.4 Å². The number of quaternary nitrogens is 1. The Morgan fingerprint density at radius 1 is 0.746 bits per heavy atom. The van der Waals surface area contributed by atoms with E-state index < -0.39 is 44.7 Å². The number of aliphatic hydroxyl groups is 2. The number of ether oxygens (including phenoxy) is 2. The van der Waals surface area contributed by atoms with E-state index in [2.05, 4.69) is 62.5 Å². The number of carbonyl (C=O) groups is 3. The third-order valence-electron chi connectivity index (χ3n) is 10.6. The molecule has 1 aliphatic carbocycles. The minimum absolute atomic E-state index is 0.0260. The number of hydrogen-bond acceptors (Lipinski definition) is 10. The van der Waals surface area contributed by atoms with Gasteiger partial charge in [-0.1, -0.05) is 138 Å². The van der Waals surface area contributed by atoms with Gasteiger partial charge in [-0.25, -0.2) is 4.57 Å². The molecular formula is C50H85NO11P+. The monoisotopic (exact) mass is 907 g/mol. The maximum Gasteiger partial charge on any atom is 0.472 e. The van der Waals surface area contributed by atoms with Crippen LogP contribution in [0.15, 0.2) is 72.9 Å². The van der Waals surface area contributed by atoms with Crippen molar-refractivity contribution in [3.8, 4) is 0 Å². The summed E-state index contributed by atoms with van der Waals surface area (Å²) in [6.07, 6.45) is 38.7. The van der Waals surface area contributed by atoms with Crippen molar-refractivity contribution >= 4 is 25.5 Å². The number of likely N-dealkylation sites (N-methyl/N-ethyl adjacent to an activating group) is 1. The molecule has 1 unspecified atom stereocenters. The summed E-state index contributed by atoms with van der Waals surface area (Å²) in [5.74, 6) is -1.63. The topological polar surface area (TPSA) is 166 Å². The molecule has 0 aromatic heterocycles. The van der Waals surface area contributed by atoms with Crippen molar-refractivity contribution in [2.75, 3.05) is 47.5 Å². The fourth-order valence-corrected chi connectivity index (χ4v) is 7.57. The van der Waals surface area contributed by atoms with Crippen LogP contribution >= 0.6 is 7.82 Å². The fraction of sp³-hybridized carbons (Fsp3) is 0.700. The molecule has 12 nitrogen and oxygen atoms in total. The summed E-state index contributed by atoms with van der Waals surface area (Å²) in [7, 11) is 1.28. The van der Waals surface area contributed by atoms with Gasteiger partial charge in [0.1, 0.15) is 25.5 Å². The van der Waals surface area contributed by atoms with E-state index in [4.69, 9.17) is 18.5 Å². The van der Waals surface area contributed by atoms with Crippen LogP contribution < -0.4 is 0 Å². The van der Waals surface area contributed by atoms with Crippen molar-refractivity contribution < 1.29 is 57.1 Å². The zero-order chi connectivity index (χ0) is 46.6. The van der Waals surface area contributed by atoms with Gasteiger partial charge < -0.3 is 29.1 Å². The minimum atomic E-state index is -4.47. The van der Waals surface area contributed by atoms with Gasteiger partial charge >= 0.3 is 19.8 Å². The highest BCUT2D eigenvalue weighted by molar-refractivity contribution is 7.47. The first-order valence-corrected chi connectivity index (χ1v) is 25.3. The lowest BCUT2D eigenvalue weighted by Crippen LogP contribution is -2.37. The van der Waals surface area contributed by atoms with E-state index in [9.17, 15) is 34.1 Å². The third-order valence-corrected chi connectivity index (χ3v) is 11.6. The number of Topliss-reactive ketones (excluding diaryl/α,β-unsaturated/α-hetero) is 1. The van der Waals surface area contributed by atoms with Gasteiger partial charge in [0.25, 0.3) is 0 Å². The molecule has 360 valence electrons. The standard InChI is InChI=1S/C50H84NO11P/c1-6-8-10-11-12-13-14-15-16-17-18-19-20-21-22-23-24-25-30-34-49(55)59-41-44(42-61-63(57,58)60-39-38-51(3,4)5)62-50(56)35-31-27-26-29-33-45-46(48(54)40-47(45)53)37-36-43(52)32-28-9-7-2/h12-13,15-16,18-19,21-22,24-25,36-37,43-46,48,52,54H,6-11,14,17,20,23,26-35,38-42H2,1-5H3/p+1/b13-12-,16-15-,19-18-,22-21-,25-24-,37-36+/t43-,44+,45+,46+,48+/m0/s1. The maximum absolute atomic E-state index is 12.8. The molecular weight excluding hydrogens is 822 g/mol. The Labute approximate surface area is 380 Å². The number of esters is 2. The lowest BCUT2D eigenvalue weighted by molar-refractivity contribution is -0.870. The number of phosphoric acid groups is 1. The van der Waals surface area contributed by atoms with Crippen LogP contribution in [0, 0.1) is 11.8 Å². The summed E-state index contributed by atoms with van der Waals surface area (Å²) in [5.41, 5.74) is 0. The first kappa shape index (κ1) is 58.1. The summed E-state index contributed by atoms with van der Waals surface area (Å²) >= 11 is 0. The Bertz CT molecular complexity index is 1460. The van der Waals surface area contributed by atoms with Crippen molar-refractivity contribution in [3.05, 3.63) is 72.9 Å². The normalized spacial score (nSPS) is 19.4. The van der Waals surface area contributed by atoms with Crippen LogP contribution in [-0.2, 0) is 37.5 Å². The molecule has 63 heavy (non-hydrogen) atoms. The van der Waals surface area contributed by atoms with Gasteiger partial charge in [0.15, 0.2) is 6.10 Å². The smallest absolute Gasteiger partial charge is 0.462 e. The highest BCUT2D eigenvalue weighted by atomic mass is 31.2. The van der Waals surface area contributed by atoms with Crippen LogP contribution in [0.25, 0.3) is 0 Å². The molecule has 0 radical (unpaired) electrons. The molecule has 1 rings (SSSR count). The van der Waals surface area contributed by atoms with Crippen LogP contribution in [0.2, 0.25) is 0 Å². The first-order chi connectivity index (χ1) is 30.2. The summed E-state index contributed by atoms with van der Waals surface area (Å²) < 4.78 is 34.2. The Hall–Kier alpha value is -2.96. The molecule has 0 aromatic rings. The highest BCUT2D eigenvalue weighted by Gasteiger charge is 2.39. The van der Waals surface area contributed by atoms with Crippen molar-refractivity contribution in [2.24, 2.45) is 11.8 Å². The molecule has 3 N–H and O–H groups in total. The van der Waals surface area contributed by atoms with Crippen molar-refractivity contribution in [3.63, 3.8) is 0 Å². The van der Waals surface area contributed by atoms with Crippen molar-refractivity contribution in [2.45, 2.75) is 167 Å². The number of aliphatic hydroxyl groups excluding tert-OH is 2. The average molecular weight is 907 g/mol. The van der Waals surface area contributed by atoms with Crippen LogP contribution in [0.5, 0.6) is 0 Å². The van der Waals surface area contributed by atoms with Crippen molar-refractivity contribution in [1.29, 1.82) is 0 Å². The molecule has 0 heterocycles. The maximum atomic E-state index is 12.8. The summed E-state index contributed by atoms with van der Waals surface area (Å²) in [4.78, 5) is 48.2. The van der Waals surface area contributed by atoms with E-state index in [0.717, 1.165) is 57.8 Å². The molecule has 0 spiro atoms. The molecule has 1 saturated carbocycles. The Morgan fingerprint density at radius 3 is 1.95 bits per heavy atom. The third kappa shape index (κ3) is 33.2.